The molecule has 1 aliphatic carbocycles. The monoisotopic (exact) mass is 262 g/mol. The molecule has 3 atom stereocenters. The second kappa shape index (κ2) is 5.54. The van der Waals surface area contributed by atoms with Gasteiger partial charge < -0.3 is 9.84 Å². The van der Waals surface area contributed by atoms with Crippen molar-refractivity contribution in [2.45, 2.75) is 58.7 Å². The van der Waals surface area contributed by atoms with Crippen LogP contribution < -0.4 is 4.74 Å². The van der Waals surface area contributed by atoms with Gasteiger partial charge >= 0.3 is 0 Å². The molecule has 1 saturated carbocycles. The highest BCUT2D eigenvalue weighted by molar-refractivity contribution is 5.33. The van der Waals surface area contributed by atoms with Crippen molar-refractivity contribution in [3.63, 3.8) is 0 Å². The largest absolute Gasteiger partial charge is 0.491 e. The van der Waals surface area contributed by atoms with E-state index in [0.717, 1.165) is 30.6 Å². The van der Waals surface area contributed by atoms with Crippen LogP contribution in [0, 0.1) is 11.8 Å². The molecule has 1 aromatic rings. The van der Waals surface area contributed by atoms with Gasteiger partial charge in [0.05, 0.1) is 11.7 Å². The Bertz CT molecular complexity index is 427. The summed E-state index contributed by atoms with van der Waals surface area (Å²) in [5.41, 5.74) is 0.313. The first-order valence-electron chi connectivity index (χ1n) is 7.41. The maximum atomic E-state index is 11.0. The van der Waals surface area contributed by atoms with Crippen molar-refractivity contribution < 1.29 is 9.84 Å². The molecule has 2 nitrogen and oxygen atoms in total. The molecular weight excluding hydrogens is 236 g/mol. The highest BCUT2D eigenvalue weighted by Gasteiger charge is 2.39. The fourth-order valence-electron chi connectivity index (χ4n) is 3.17. The first-order chi connectivity index (χ1) is 8.91. The van der Waals surface area contributed by atoms with Gasteiger partial charge in [0.1, 0.15) is 5.75 Å². The van der Waals surface area contributed by atoms with Crippen molar-refractivity contribution in [1.29, 1.82) is 0 Å². The van der Waals surface area contributed by atoms with Crippen molar-refractivity contribution in [3.05, 3.63) is 29.8 Å². The third kappa shape index (κ3) is 3.11. The van der Waals surface area contributed by atoms with Crippen LogP contribution in [0.2, 0.25) is 0 Å². The minimum absolute atomic E-state index is 0.161. The molecule has 1 aromatic carbocycles. The van der Waals surface area contributed by atoms with Gasteiger partial charge in [-0.05, 0) is 62.6 Å². The molecule has 2 rings (SSSR count). The van der Waals surface area contributed by atoms with Gasteiger partial charge in [-0.25, -0.2) is 0 Å². The first-order valence-corrected chi connectivity index (χ1v) is 7.41. The molecule has 1 fully saturated rings. The second-order valence-corrected chi connectivity index (χ2v) is 6.40. The fraction of sp³-hybridized carbons (Fsp3) is 0.647. The van der Waals surface area contributed by atoms with Crippen LogP contribution in [-0.4, -0.2) is 11.2 Å². The maximum Gasteiger partial charge on any atom is 0.120 e. The predicted octanol–water partition coefficient (Wildman–Crippen LogP) is 4.12. The summed E-state index contributed by atoms with van der Waals surface area (Å²) in [6.45, 7) is 8.47. The molecule has 0 aromatic heterocycles. The van der Waals surface area contributed by atoms with E-state index in [0.29, 0.717) is 11.8 Å². The first kappa shape index (κ1) is 14.4. The van der Waals surface area contributed by atoms with E-state index in [2.05, 4.69) is 13.8 Å². The van der Waals surface area contributed by atoms with Gasteiger partial charge in [0.2, 0.25) is 0 Å². The van der Waals surface area contributed by atoms with Crippen LogP contribution in [0.1, 0.15) is 52.5 Å². The van der Waals surface area contributed by atoms with E-state index in [9.17, 15) is 5.11 Å². The molecule has 0 bridgehead atoms. The molecule has 0 saturated heterocycles. The Morgan fingerprint density at radius 3 is 2.68 bits per heavy atom. The molecule has 106 valence electrons. The number of ether oxygens (including phenoxy) is 1. The molecule has 1 N–H and O–H groups in total. The summed E-state index contributed by atoms with van der Waals surface area (Å²) in [6.07, 6.45) is 3.19. The summed E-state index contributed by atoms with van der Waals surface area (Å²) in [4.78, 5) is 0. The quantitative estimate of drug-likeness (QED) is 0.888. The standard InChI is InChI=1S/C17H26O2/c1-12(2)19-16-7-5-6-15(11-16)17(18)9-8-13(3)10-14(17)4/h5-7,11-14,18H,8-10H2,1-4H3. The minimum atomic E-state index is -0.692. The van der Waals surface area contributed by atoms with Crippen LogP contribution >= 0.6 is 0 Å². The molecular formula is C17H26O2. The Balaban J connectivity index is 2.25. The van der Waals surface area contributed by atoms with Gasteiger partial charge in [0, 0.05) is 0 Å². The number of hydrogen-bond donors (Lipinski definition) is 1. The summed E-state index contributed by atoms with van der Waals surface area (Å²) in [5, 5.41) is 11.0. The van der Waals surface area contributed by atoms with Gasteiger partial charge in [0.15, 0.2) is 0 Å². The van der Waals surface area contributed by atoms with E-state index in [1.807, 2.05) is 38.1 Å². The number of benzene rings is 1. The smallest absolute Gasteiger partial charge is 0.120 e. The van der Waals surface area contributed by atoms with Gasteiger partial charge in [0.25, 0.3) is 0 Å². The van der Waals surface area contributed by atoms with Gasteiger partial charge in [-0.1, -0.05) is 26.0 Å². The Morgan fingerprint density at radius 1 is 1.32 bits per heavy atom. The molecule has 3 unspecified atom stereocenters. The lowest BCUT2D eigenvalue weighted by Gasteiger charge is -2.41. The molecule has 1 aliphatic rings. The molecule has 0 amide bonds. The summed E-state index contributed by atoms with van der Waals surface area (Å²) in [6, 6.07) is 7.98. The molecule has 0 spiro atoms. The zero-order valence-electron chi connectivity index (χ0n) is 12.5. The van der Waals surface area contributed by atoms with Crippen LogP contribution in [0.25, 0.3) is 0 Å². The van der Waals surface area contributed by atoms with Crippen LogP contribution in [0.5, 0.6) is 5.75 Å². The number of hydrogen-bond acceptors (Lipinski definition) is 2. The zero-order chi connectivity index (χ0) is 14.0. The highest BCUT2D eigenvalue weighted by Crippen LogP contribution is 2.44. The normalized spacial score (nSPS) is 31.5. The number of aliphatic hydroxyl groups is 1. The lowest BCUT2D eigenvalue weighted by Crippen LogP contribution is -2.38. The van der Waals surface area contributed by atoms with E-state index in [1.54, 1.807) is 0 Å². The van der Waals surface area contributed by atoms with Crippen LogP contribution in [0.4, 0.5) is 0 Å². The molecule has 0 radical (unpaired) electrons. The lowest BCUT2D eigenvalue weighted by molar-refractivity contribution is -0.0589. The van der Waals surface area contributed by atoms with Gasteiger partial charge in [-0.15, -0.1) is 0 Å². The summed E-state index contributed by atoms with van der Waals surface area (Å²) in [7, 11) is 0. The second-order valence-electron chi connectivity index (χ2n) is 6.40. The SMILES string of the molecule is CC1CCC(O)(c2cccc(OC(C)C)c2)C(C)C1. The molecule has 2 heteroatoms. The van der Waals surface area contributed by atoms with Crippen molar-refractivity contribution in [2.24, 2.45) is 11.8 Å². The molecule has 19 heavy (non-hydrogen) atoms. The topological polar surface area (TPSA) is 29.5 Å². The summed E-state index contributed by atoms with van der Waals surface area (Å²) < 4.78 is 5.74. The van der Waals surface area contributed by atoms with E-state index >= 15 is 0 Å². The van der Waals surface area contributed by atoms with E-state index in [1.165, 1.54) is 0 Å². The van der Waals surface area contributed by atoms with E-state index < -0.39 is 5.60 Å². The van der Waals surface area contributed by atoms with E-state index in [4.69, 9.17) is 4.74 Å². The third-order valence-electron chi connectivity index (χ3n) is 4.30. The maximum absolute atomic E-state index is 11.0. The van der Waals surface area contributed by atoms with Crippen molar-refractivity contribution in [2.75, 3.05) is 0 Å². The Morgan fingerprint density at radius 2 is 2.05 bits per heavy atom. The Hall–Kier alpha value is -1.02. The Labute approximate surface area is 116 Å². The van der Waals surface area contributed by atoms with Crippen molar-refractivity contribution in [1.82, 2.24) is 0 Å². The highest BCUT2D eigenvalue weighted by atomic mass is 16.5. The minimum Gasteiger partial charge on any atom is -0.491 e. The summed E-state index contributed by atoms with van der Waals surface area (Å²) >= 11 is 0. The summed E-state index contributed by atoms with van der Waals surface area (Å²) in [5.74, 6) is 1.86. The number of rotatable bonds is 3. The van der Waals surface area contributed by atoms with Gasteiger partial charge in [-0.2, -0.15) is 0 Å². The molecule has 0 aliphatic heterocycles. The third-order valence-corrected chi connectivity index (χ3v) is 4.30. The molecule has 0 heterocycles. The van der Waals surface area contributed by atoms with Crippen molar-refractivity contribution >= 4 is 0 Å². The van der Waals surface area contributed by atoms with Gasteiger partial charge in [-0.3, -0.25) is 0 Å². The van der Waals surface area contributed by atoms with E-state index in [-0.39, 0.29) is 6.10 Å². The average molecular weight is 262 g/mol. The lowest BCUT2D eigenvalue weighted by atomic mass is 9.69. The zero-order valence-corrected chi connectivity index (χ0v) is 12.5. The predicted molar refractivity (Wildman–Crippen MR) is 78.3 cm³/mol. The van der Waals surface area contributed by atoms with Crippen LogP contribution in [0.3, 0.4) is 0 Å². The fourth-order valence-corrected chi connectivity index (χ4v) is 3.17. The van der Waals surface area contributed by atoms with Crippen molar-refractivity contribution in [3.8, 4) is 5.75 Å². The Kier molecular flexibility index (Phi) is 4.19. The average Bonchev–Trinajstić information content (AvgIpc) is 2.34. The van der Waals surface area contributed by atoms with Crippen LogP contribution in [0.15, 0.2) is 24.3 Å². The van der Waals surface area contributed by atoms with Crippen LogP contribution in [-0.2, 0) is 5.60 Å².